The fraction of sp³-hybridized carbons (Fsp3) is 0.533. The number of alkyl halides is 3. The number of aldehydes is 1. The third kappa shape index (κ3) is 3.37. The van der Waals surface area contributed by atoms with Crippen LogP contribution in [0.25, 0.3) is 0 Å². The monoisotopic (exact) mass is 272 g/mol. The van der Waals surface area contributed by atoms with Gasteiger partial charge in [0.2, 0.25) is 0 Å². The zero-order valence-corrected chi connectivity index (χ0v) is 11.5. The number of carbonyl (C=O) groups is 1. The first-order valence-corrected chi connectivity index (χ1v) is 6.29. The lowest BCUT2D eigenvalue weighted by atomic mass is 9.70. The van der Waals surface area contributed by atoms with Crippen LogP contribution in [0.2, 0.25) is 0 Å². The Morgan fingerprint density at radius 2 is 2.00 bits per heavy atom. The standard InChI is InChI=1S/C15H19F3O/c1-11(8-10-19)6-7-13-12(2)5-4-9-14(13,3)15(16,17)18/h6-8,10H,4-5,9H2,1-3H3/b7-6+,11-8+. The molecule has 0 N–H and O–H groups in total. The van der Waals surface area contributed by atoms with Gasteiger partial charge in [-0.3, -0.25) is 4.79 Å². The van der Waals surface area contributed by atoms with Crippen LogP contribution in [0.4, 0.5) is 13.2 Å². The molecule has 1 unspecified atom stereocenters. The van der Waals surface area contributed by atoms with Crippen LogP contribution < -0.4 is 0 Å². The molecule has 1 rings (SSSR count). The molecule has 106 valence electrons. The van der Waals surface area contributed by atoms with Crippen LogP contribution in [0.15, 0.2) is 34.9 Å². The van der Waals surface area contributed by atoms with Gasteiger partial charge in [0.15, 0.2) is 0 Å². The molecule has 0 aromatic carbocycles. The molecule has 0 saturated heterocycles. The molecule has 1 nitrogen and oxygen atoms in total. The second-order valence-corrected chi connectivity index (χ2v) is 5.26. The molecule has 0 bridgehead atoms. The summed E-state index contributed by atoms with van der Waals surface area (Å²) < 4.78 is 39.8. The summed E-state index contributed by atoms with van der Waals surface area (Å²) in [5.41, 5.74) is -0.0238. The Morgan fingerprint density at radius 3 is 2.53 bits per heavy atom. The van der Waals surface area contributed by atoms with Gasteiger partial charge >= 0.3 is 6.18 Å². The van der Waals surface area contributed by atoms with E-state index in [1.54, 1.807) is 19.9 Å². The molecule has 0 spiro atoms. The van der Waals surface area contributed by atoms with Crippen molar-refractivity contribution in [1.29, 1.82) is 0 Å². The summed E-state index contributed by atoms with van der Waals surface area (Å²) in [7, 11) is 0. The highest BCUT2D eigenvalue weighted by atomic mass is 19.4. The van der Waals surface area contributed by atoms with Crippen molar-refractivity contribution in [1.82, 2.24) is 0 Å². The van der Waals surface area contributed by atoms with Gasteiger partial charge in [0.25, 0.3) is 0 Å². The van der Waals surface area contributed by atoms with Gasteiger partial charge in [-0.2, -0.15) is 13.2 Å². The molecular weight excluding hydrogens is 253 g/mol. The minimum atomic E-state index is -4.25. The third-order valence-electron chi connectivity index (χ3n) is 3.75. The Balaban J connectivity index is 3.18. The second kappa shape index (κ2) is 5.76. The Bertz CT molecular complexity index is 441. The lowest BCUT2D eigenvalue weighted by Gasteiger charge is -2.38. The van der Waals surface area contributed by atoms with E-state index in [2.05, 4.69) is 0 Å². The van der Waals surface area contributed by atoms with Crippen molar-refractivity contribution in [2.75, 3.05) is 0 Å². The van der Waals surface area contributed by atoms with E-state index >= 15 is 0 Å². The van der Waals surface area contributed by atoms with Crippen LogP contribution in [0.3, 0.4) is 0 Å². The molecule has 0 saturated carbocycles. The van der Waals surface area contributed by atoms with Crippen LogP contribution in [-0.4, -0.2) is 12.5 Å². The average molecular weight is 272 g/mol. The maximum Gasteiger partial charge on any atom is 0.398 e. The van der Waals surface area contributed by atoms with Crippen LogP contribution >= 0.6 is 0 Å². The fourth-order valence-electron chi connectivity index (χ4n) is 2.45. The van der Waals surface area contributed by atoms with Crippen LogP contribution in [-0.2, 0) is 4.79 Å². The zero-order valence-electron chi connectivity index (χ0n) is 11.5. The fourth-order valence-corrected chi connectivity index (χ4v) is 2.45. The molecule has 0 radical (unpaired) electrons. The predicted octanol–water partition coefficient (Wildman–Crippen LogP) is 4.76. The van der Waals surface area contributed by atoms with Gasteiger partial charge in [0, 0.05) is 0 Å². The molecule has 0 aromatic heterocycles. The van der Waals surface area contributed by atoms with Gasteiger partial charge in [0.05, 0.1) is 5.41 Å². The van der Waals surface area contributed by atoms with E-state index in [1.165, 1.54) is 19.1 Å². The summed E-state index contributed by atoms with van der Waals surface area (Å²) in [6.07, 6.45) is 2.16. The van der Waals surface area contributed by atoms with Gasteiger partial charge in [-0.25, -0.2) is 0 Å². The van der Waals surface area contributed by atoms with Crippen molar-refractivity contribution in [3.8, 4) is 0 Å². The Hall–Kier alpha value is -1.32. The summed E-state index contributed by atoms with van der Waals surface area (Å²) in [6, 6.07) is 0. The average Bonchev–Trinajstić information content (AvgIpc) is 2.27. The minimum Gasteiger partial charge on any atom is -0.299 e. The summed E-state index contributed by atoms with van der Waals surface area (Å²) in [4.78, 5) is 10.3. The van der Waals surface area contributed by atoms with Gasteiger partial charge in [0.1, 0.15) is 6.29 Å². The molecule has 0 fully saturated rings. The molecule has 1 aliphatic carbocycles. The molecule has 0 aromatic rings. The van der Waals surface area contributed by atoms with E-state index in [0.29, 0.717) is 30.3 Å². The number of carbonyl (C=O) groups excluding carboxylic acids is 1. The highest BCUT2D eigenvalue weighted by molar-refractivity contribution is 5.67. The zero-order chi connectivity index (χ0) is 14.7. The van der Waals surface area contributed by atoms with Crippen molar-refractivity contribution in [2.24, 2.45) is 5.41 Å². The SMILES string of the molecule is CC1=C(/C=C/C(C)=C/C=O)C(C)(C(F)(F)F)CCC1. The third-order valence-corrected chi connectivity index (χ3v) is 3.75. The first-order valence-electron chi connectivity index (χ1n) is 6.29. The minimum absolute atomic E-state index is 0.115. The first-order chi connectivity index (χ1) is 8.72. The highest BCUT2D eigenvalue weighted by Gasteiger charge is 2.53. The topological polar surface area (TPSA) is 17.1 Å². The van der Waals surface area contributed by atoms with Crippen molar-refractivity contribution >= 4 is 6.29 Å². The molecule has 0 amide bonds. The molecular formula is C15H19F3O. The first kappa shape index (κ1) is 15.7. The molecule has 4 heteroatoms. The van der Waals surface area contributed by atoms with E-state index in [-0.39, 0.29) is 6.42 Å². The van der Waals surface area contributed by atoms with Gasteiger partial charge in [-0.1, -0.05) is 17.7 Å². The molecule has 0 heterocycles. The summed E-state index contributed by atoms with van der Waals surface area (Å²) in [6.45, 7) is 4.70. The summed E-state index contributed by atoms with van der Waals surface area (Å²) in [5, 5.41) is 0. The Morgan fingerprint density at radius 1 is 1.37 bits per heavy atom. The van der Waals surface area contributed by atoms with E-state index in [9.17, 15) is 18.0 Å². The maximum atomic E-state index is 13.3. The van der Waals surface area contributed by atoms with Crippen molar-refractivity contribution in [2.45, 2.75) is 46.2 Å². The Kier molecular flexibility index (Phi) is 4.77. The quantitative estimate of drug-likeness (QED) is 0.411. The van der Waals surface area contributed by atoms with Crippen LogP contribution in [0.1, 0.15) is 40.0 Å². The number of hydrogen-bond donors (Lipinski definition) is 0. The predicted molar refractivity (Wildman–Crippen MR) is 69.7 cm³/mol. The van der Waals surface area contributed by atoms with Gasteiger partial charge in [-0.15, -0.1) is 0 Å². The van der Waals surface area contributed by atoms with Crippen LogP contribution in [0.5, 0.6) is 0 Å². The van der Waals surface area contributed by atoms with E-state index < -0.39 is 11.6 Å². The number of allylic oxidation sites excluding steroid dienone is 6. The molecule has 0 aliphatic heterocycles. The van der Waals surface area contributed by atoms with Crippen molar-refractivity contribution < 1.29 is 18.0 Å². The lowest BCUT2D eigenvalue weighted by molar-refractivity contribution is -0.206. The Labute approximate surface area is 111 Å². The van der Waals surface area contributed by atoms with Crippen molar-refractivity contribution in [3.63, 3.8) is 0 Å². The molecule has 19 heavy (non-hydrogen) atoms. The van der Waals surface area contributed by atoms with E-state index in [4.69, 9.17) is 0 Å². The number of hydrogen-bond acceptors (Lipinski definition) is 1. The van der Waals surface area contributed by atoms with Gasteiger partial charge < -0.3 is 0 Å². The number of halogens is 3. The second-order valence-electron chi connectivity index (χ2n) is 5.26. The smallest absolute Gasteiger partial charge is 0.299 e. The summed E-state index contributed by atoms with van der Waals surface area (Å²) in [5.74, 6) is 0. The normalized spacial score (nSPS) is 26.1. The lowest BCUT2D eigenvalue weighted by Crippen LogP contribution is -2.38. The van der Waals surface area contributed by atoms with Crippen LogP contribution in [0, 0.1) is 5.41 Å². The largest absolute Gasteiger partial charge is 0.398 e. The maximum absolute atomic E-state index is 13.3. The van der Waals surface area contributed by atoms with Gasteiger partial charge in [-0.05, 0) is 57.3 Å². The van der Waals surface area contributed by atoms with Crippen molar-refractivity contribution in [3.05, 3.63) is 34.9 Å². The molecule has 1 atom stereocenters. The molecule has 1 aliphatic rings. The summed E-state index contributed by atoms with van der Waals surface area (Å²) >= 11 is 0. The number of rotatable bonds is 3. The van der Waals surface area contributed by atoms with E-state index in [1.807, 2.05) is 0 Å². The highest BCUT2D eigenvalue weighted by Crippen LogP contribution is 2.51. The van der Waals surface area contributed by atoms with E-state index in [0.717, 1.165) is 5.57 Å².